The Morgan fingerprint density at radius 3 is 2.30 bits per heavy atom. The summed E-state index contributed by atoms with van der Waals surface area (Å²) in [5.41, 5.74) is 0. The third-order valence-corrected chi connectivity index (χ3v) is 3.99. The Morgan fingerprint density at radius 1 is 1.00 bits per heavy atom. The van der Waals surface area contributed by atoms with Gasteiger partial charge in [-0.3, -0.25) is 0 Å². The van der Waals surface area contributed by atoms with Crippen molar-refractivity contribution >= 4 is 0 Å². The van der Waals surface area contributed by atoms with Crippen molar-refractivity contribution in [2.75, 3.05) is 0 Å². The first kappa shape index (κ1) is 19.7. The van der Waals surface area contributed by atoms with Gasteiger partial charge in [0.2, 0.25) is 6.33 Å². The summed E-state index contributed by atoms with van der Waals surface area (Å²) in [7, 11) is 2.08. The summed E-state index contributed by atoms with van der Waals surface area (Å²) < 4.78 is 4.40. The topological polar surface area (TPSA) is 8.81 Å². The third kappa shape index (κ3) is 9.57. The molecule has 3 heteroatoms. The maximum Gasteiger partial charge on any atom is 0.243 e. The minimum Gasteiger partial charge on any atom is -1.00 e. The van der Waals surface area contributed by atoms with Crippen LogP contribution in [0.5, 0.6) is 0 Å². The van der Waals surface area contributed by atoms with Crippen LogP contribution >= 0.6 is 0 Å². The number of imidazole rings is 1. The number of halogens is 1. The number of rotatable bonds is 11. The van der Waals surface area contributed by atoms with Gasteiger partial charge < -0.3 is 17.0 Å². The molecule has 1 aromatic rings. The Balaban J connectivity index is 0.00000361. The molecule has 1 atom stereocenters. The van der Waals surface area contributed by atoms with E-state index >= 15 is 0 Å². The van der Waals surface area contributed by atoms with E-state index in [-0.39, 0.29) is 17.0 Å². The summed E-state index contributed by atoms with van der Waals surface area (Å²) in [5, 5.41) is 0. The van der Waals surface area contributed by atoms with E-state index in [0.717, 1.165) is 5.92 Å². The second-order valence-electron chi connectivity index (χ2n) is 6.12. The smallest absolute Gasteiger partial charge is 0.243 e. The van der Waals surface area contributed by atoms with E-state index in [1.54, 1.807) is 0 Å². The van der Waals surface area contributed by atoms with Crippen LogP contribution in [0.15, 0.2) is 18.7 Å². The van der Waals surface area contributed by atoms with Crippen molar-refractivity contribution in [1.82, 2.24) is 4.57 Å². The second kappa shape index (κ2) is 12.4. The lowest BCUT2D eigenvalue weighted by Crippen LogP contribution is -3.00. The molecule has 1 rings (SSSR count). The minimum atomic E-state index is 0. The number of aromatic nitrogens is 2. The predicted octanol–water partition coefficient (Wildman–Crippen LogP) is 1.48. The van der Waals surface area contributed by atoms with E-state index in [9.17, 15) is 0 Å². The van der Waals surface area contributed by atoms with Crippen molar-refractivity contribution in [3.8, 4) is 0 Å². The van der Waals surface area contributed by atoms with Gasteiger partial charge in [0.05, 0.1) is 13.6 Å². The number of nitrogens with zero attached hydrogens (tertiary/aromatic N) is 2. The van der Waals surface area contributed by atoms with Crippen LogP contribution in [0, 0.1) is 5.92 Å². The molecule has 0 saturated heterocycles. The minimum absolute atomic E-state index is 0. The summed E-state index contributed by atoms with van der Waals surface area (Å²) in [6.45, 7) is 5.87. The molecule has 0 bridgehead atoms. The molecule has 0 saturated carbocycles. The molecule has 0 unspecified atom stereocenters. The molecule has 20 heavy (non-hydrogen) atoms. The van der Waals surface area contributed by atoms with Crippen LogP contribution < -0.4 is 21.5 Å². The first-order valence-corrected chi connectivity index (χ1v) is 8.23. The fraction of sp³-hybridized carbons (Fsp3) is 0.824. The van der Waals surface area contributed by atoms with Crippen LogP contribution in [0.25, 0.3) is 0 Å². The van der Waals surface area contributed by atoms with Gasteiger partial charge in [0.15, 0.2) is 0 Å². The summed E-state index contributed by atoms with van der Waals surface area (Å²) in [5.74, 6) is 0.899. The molecule has 1 aromatic heterocycles. The van der Waals surface area contributed by atoms with Gasteiger partial charge >= 0.3 is 0 Å². The highest BCUT2D eigenvalue weighted by atomic mass is 79.9. The highest BCUT2D eigenvalue weighted by Gasteiger charge is 2.04. The van der Waals surface area contributed by atoms with Gasteiger partial charge in [-0.25, -0.2) is 9.13 Å². The van der Waals surface area contributed by atoms with E-state index in [0.29, 0.717) is 0 Å². The van der Waals surface area contributed by atoms with Crippen LogP contribution in [0.4, 0.5) is 0 Å². The monoisotopic (exact) mass is 344 g/mol. The molecule has 0 aliphatic heterocycles. The molecule has 0 amide bonds. The molecule has 0 aliphatic rings. The summed E-state index contributed by atoms with van der Waals surface area (Å²) >= 11 is 0. The molecule has 0 spiro atoms. The quantitative estimate of drug-likeness (QED) is 0.424. The van der Waals surface area contributed by atoms with Crippen molar-refractivity contribution in [3.05, 3.63) is 18.7 Å². The van der Waals surface area contributed by atoms with Gasteiger partial charge in [0, 0.05) is 0 Å². The van der Waals surface area contributed by atoms with Crippen LogP contribution in [0.2, 0.25) is 0 Å². The number of aryl methyl sites for hydroxylation is 2. The second-order valence-corrected chi connectivity index (χ2v) is 6.12. The van der Waals surface area contributed by atoms with Crippen LogP contribution in [0.3, 0.4) is 0 Å². The van der Waals surface area contributed by atoms with Crippen molar-refractivity contribution in [1.29, 1.82) is 0 Å². The van der Waals surface area contributed by atoms with Crippen LogP contribution in [-0.2, 0) is 13.6 Å². The SMILES string of the molecule is CCCCCCCC[C@H](C)CCCn1cc[n+](C)c1.[Br-]. The average Bonchev–Trinajstić information content (AvgIpc) is 2.79. The lowest BCUT2D eigenvalue weighted by Gasteiger charge is -2.10. The normalized spacial score (nSPS) is 12.2. The van der Waals surface area contributed by atoms with E-state index in [4.69, 9.17) is 0 Å². The lowest BCUT2D eigenvalue weighted by atomic mass is 9.97. The maximum atomic E-state index is 2.42. The zero-order valence-electron chi connectivity index (χ0n) is 13.7. The summed E-state index contributed by atoms with van der Waals surface area (Å²) in [4.78, 5) is 0. The molecule has 2 nitrogen and oxygen atoms in total. The van der Waals surface area contributed by atoms with Gasteiger partial charge in [0.1, 0.15) is 12.4 Å². The highest BCUT2D eigenvalue weighted by molar-refractivity contribution is 4.66. The third-order valence-electron chi connectivity index (χ3n) is 3.99. The zero-order chi connectivity index (χ0) is 13.9. The molecule has 1 heterocycles. The van der Waals surface area contributed by atoms with Gasteiger partial charge in [-0.05, 0) is 18.8 Å². The standard InChI is InChI=1S/C17H33N2.BrH/c1-4-5-6-7-8-9-11-17(2)12-10-13-19-15-14-18(3)16-19;/h14-17H,4-13H2,1-3H3;1H/q+1;/p-1/t17-;/m0./s1. The first-order valence-electron chi connectivity index (χ1n) is 8.23. The molecule has 0 fully saturated rings. The number of hydrogen-bond donors (Lipinski definition) is 0. The first-order chi connectivity index (χ1) is 9.22. The van der Waals surface area contributed by atoms with Gasteiger partial charge in [-0.1, -0.05) is 58.8 Å². The van der Waals surface area contributed by atoms with Crippen molar-refractivity contribution in [2.24, 2.45) is 13.0 Å². The summed E-state index contributed by atoms with van der Waals surface area (Å²) in [6.07, 6.45) is 19.1. The largest absolute Gasteiger partial charge is 1.00 e. The van der Waals surface area contributed by atoms with Crippen LogP contribution in [0.1, 0.15) is 71.6 Å². The Labute approximate surface area is 136 Å². The lowest BCUT2D eigenvalue weighted by molar-refractivity contribution is -0.671. The van der Waals surface area contributed by atoms with Crippen molar-refractivity contribution < 1.29 is 21.5 Å². The highest BCUT2D eigenvalue weighted by Crippen LogP contribution is 2.16. The van der Waals surface area contributed by atoms with E-state index < -0.39 is 0 Å². The van der Waals surface area contributed by atoms with E-state index in [1.165, 1.54) is 64.3 Å². The van der Waals surface area contributed by atoms with Crippen LogP contribution in [-0.4, -0.2) is 4.57 Å². The number of hydrogen-bond acceptors (Lipinski definition) is 0. The molecule has 0 aliphatic carbocycles. The molecular weight excluding hydrogens is 312 g/mol. The number of unbranched alkanes of at least 4 members (excludes halogenated alkanes) is 5. The predicted molar refractivity (Wildman–Crippen MR) is 82.0 cm³/mol. The van der Waals surface area contributed by atoms with Gasteiger partial charge in [0.25, 0.3) is 0 Å². The van der Waals surface area contributed by atoms with Crippen molar-refractivity contribution in [3.63, 3.8) is 0 Å². The zero-order valence-corrected chi connectivity index (χ0v) is 15.2. The molecule has 0 radical (unpaired) electrons. The van der Waals surface area contributed by atoms with Gasteiger partial charge in [-0.15, -0.1) is 0 Å². The van der Waals surface area contributed by atoms with Crippen molar-refractivity contribution in [2.45, 2.75) is 78.2 Å². The average molecular weight is 345 g/mol. The molecule has 0 aromatic carbocycles. The fourth-order valence-electron chi connectivity index (χ4n) is 2.67. The molecular formula is C17H33BrN2. The summed E-state index contributed by atoms with van der Waals surface area (Å²) in [6, 6.07) is 0. The fourth-order valence-corrected chi connectivity index (χ4v) is 2.67. The molecule has 0 N–H and O–H groups in total. The maximum absolute atomic E-state index is 2.42. The molecule has 118 valence electrons. The van der Waals surface area contributed by atoms with Gasteiger partial charge in [-0.2, -0.15) is 0 Å². The van der Waals surface area contributed by atoms with E-state index in [2.05, 4.69) is 48.8 Å². The Hall–Kier alpha value is -0.310. The Kier molecular flexibility index (Phi) is 12.2. The van der Waals surface area contributed by atoms with E-state index in [1.807, 2.05) is 0 Å². The Morgan fingerprint density at radius 2 is 1.65 bits per heavy atom. The Bertz CT molecular complexity index is 323.